The van der Waals surface area contributed by atoms with Crippen molar-refractivity contribution in [1.82, 2.24) is 15.5 Å². The minimum absolute atomic E-state index is 0.558. The summed E-state index contributed by atoms with van der Waals surface area (Å²) < 4.78 is 4.57. The van der Waals surface area contributed by atoms with Gasteiger partial charge in [-0.05, 0) is 0 Å². The van der Waals surface area contributed by atoms with Gasteiger partial charge in [0.1, 0.15) is 0 Å². The van der Waals surface area contributed by atoms with Crippen molar-refractivity contribution in [2.75, 3.05) is 13.1 Å². The monoisotopic (exact) mass is 221 g/mol. The fourth-order valence-electron chi connectivity index (χ4n) is 0.749. The first kappa shape index (κ1) is 10.5. The average Bonchev–Trinajstić information content (AvgIpc) is 2.64. The second-order valence-electron chi connectivity index (χ2n) is 2.33. The molecule has 0 atom stereocenters. The predicted octanol–water partition coefficient (Wildman–Crippen LogP) is 1.52. The molecular formula is C7H9Cl2N3O. The van der Waals surface area contributed by atoms with Gasteiger partial charge in [-0.25, -0.2) is 0 Å². The van der Waals surface area contributed by atoms with Crippen molar-refractivity contribution < 1.29 is 4.52 Å². The van der Waals surface area contributed by atoms with Gasteiger partial charge in [-0.3, -0.25) is 0 Å². The zero-order valence-electron chi connectivity index (χ0n) is 6.83. The molecule has 0 saturated heterocycles. The standard InChI is InChI=1S/C7H9Cl2N3O/c8-3-6(9)4-10-2-1-7-11-5-13-12-7/h3,5,10H,1-2,4H2/b6-3+. The molecule has 0 aliphatic rings. The Morgan fingerprint density at radius 2 is 2.54 bits per heavy atom. The topological polar surface area (TPSA) is 51.0 Å². The Balaban J connectivity index is 2.08. The van der Waals surface area contributed by atoms with Gasteiger partial charge in [0.2, 0.25) is 6.39 Å². The van der Waals surface area contributed by atoms with Gasteiger partial charge in [-0.15, -0.1) is 0 Å². The second-order valence-corrected chi connectivity index (χ2v) is 3.03. The minimum atomic E-state index is 0.558. The quantitative estimate of drug-likeness (QED) is 0.767. The van der Waals surface area contributed by atoms with Gasteiger partial charge in [0.15, 0.2) is 5.82 Å². The van der Waals surface area contributed by atoms with Gasteiger partial charge in [0.25, 0.3) is 0 Å². The molecule has 0 aliphatic carbocycles. The number of hydrogen-bond donors (Lipinski definition) is 1. The molecule has 6 heteroatoms. The number of nitrogens with one attached hydrogen (secondary N) is 1. The Hall–Kier alpha value is -0.580. The van der Waals surface area contributed by atoms with Crippen LogP contribution in [0.1, 0.15) is 5.82 Å². The smallest absolute Gasteiger partial charge is 0.213 e. The lowest BCUT2D eigenvalue weighted by Crippen LogP contribution is -2.19. The molecule has 13 heavy (non-hydrogen) atoms. The van der Waals surface area contributed by atoms with Crippen LogP contribution in [0.3, 0.4) is 0 Å². The first-order valence-corrected chi connectivity index (χ1v) is 4.55. The Kier molecular flexibility index (Phi) is 4.82. The van der Waals surface area contributed by atoms with Crippen LogP contribution in [-0.4, -0.2) is 23.2 Å². The molecule has 0 aromatic carbocycles. The highest BCUT2D eigenvalue weighted by Gasteiger charge is 1.97. The van der Waals surface area contributed by atoms with E-state index in [0.29, 0.717) is 23.8 Å². The van der Waals surface area contributed by atoms with Crippen molar-refractivity contribution in [3.63, 3.8) is 0 Å². The van der Waals surface area contributed by atoms with E-state index in [1.165, 1.54) is 11.9 Å². The lowest BCUT2D eigenvalue weighted by Gasteiger charge is -1.99. The highest BCUT2D eigenvalue weighted by atomic mass is 35.5. The highest BCUT2D eigenvalue weighted by molar-refractivity contribution is 6.36. The molecule has 1 N–H and O–H groups in total. The summed E-state index contributed by atoms with van der Waals surface area (Å²) in [5, 5.41) is 7.30. The molecule has 1 heterocycles. The number of aromatic nitrogens is 2. The third-order valence-electron chi connectivity index (χ3n) is 1.34. The van der Waals surface area contributed by atoms with Crippen LogP contribution in [0.2, 0.25) is 0 Å². The lowest BCUT2D eigenvalue weighted by molar-refractivity contribution is 0.409. The van der Waals surface area contributed by atoms with Crippen LogP contribution in [0.25, 0.3) is 0 Å². The van der Waals surface area contributed by atoms with Crippen molar-refractivity contribution in [3.05, 3.63) is 22.8 Å². The maximum absolute atomic E-state index is 5.64. The normalized spacial score (nSPS) is 12.0. The first-order chi connectivity index (χ1) is 6.33. The van der Waals surface area contributed by atoms with E-state index in [1.807, 2.05) is 0 Å². The van der Waals surface area contributed by atoms with Crippen LogP contribution in [0.5, 0.6) is 0 Å². The maximum Gasteiger partial charge on any atom is 0.213 e. The largest absolute Gasteiger partial charge is 0.343 e. The molecule has 1 rings (SSSR count). The van der Waals surface area contributed by atoms with Gasteiger partial charge in [-0.1, -0.05) is 28.4 Å². The summed E-state index contributed by atoms with van der Waals surface area (Å²) in [7, 11) is 0. The van der Waals surface area contributed by atoms with E-state index in [0.717, 1.165) is 6.54 Å². The van der Waals surface area contributed by atoms with E-state index in [-0.39, 0.29) is 0 Å². The van der Waals surface area contributed by atoms with Crippen LogP contribution in [0.4, 0.5) is 0 Å². The van der Waals surface area contributed by atoms with Crippen molar-refractivity contribution in [3.8, 4) is 0 Å². The van der Waals surface area contributed by atoms with Gasteiger partial charge in [0.05, 0.1) is 0 Å². The van der Waals surface area contributed by atoms with Crippen LogP contribution in [-0.2, 0) is 6.42 Å². The van der Waals surface area contributed by atoms with Gasteiger partial charge >= 0.3 is 0 Å². The fraction of sp³-hybridized carbons (Fsp3) is 0.429. The van der Waals surface area contributed by atoms with Crippen LogP contribution in [0.15, 0.2) is 21.5 Å². The number of hydrogen-bond acceptors (Lipinski definition) is 4. The zero-order valence-corrected chi connectivity index (χ0v) is 8.35. The molecule has 1 aromatic rings. The van der Waals surface area contributed by atoms with E-state index in [9.17, 15) is 0 Å². The summed E-state index contributed by atoms with van der Waals surface area (Å²) >= 11 is 11.0. The van der Waals surface area contributed by atoms with Crippen LogP contribution < -0.4 is 5.32 Å². The molecule has 0 spiro atoms. The Morgan fingerprint density at radius 1 is 1.69 bits per heavy atom. The number of nitrogens with zero attached hydrogens (tertiary/aromatic N) is 2. The van der Waals surface area contributed by atoms with E-state index in [4.69, 9.17) is 23.2 Å². The summed E-state index contributed by atoms with van der Waals surface area (Å²) in [5.74, 6) is 0.679. The predicted molar refractivity (Wildman–Crippen MR) is 50.7 cm³/mol. The Bertz CT molecular complexity index is 261. The molecule has 72 valence electrons. The van der Waals surface area contributed by atoms with E-state index in [2.05, 4.69) is 20.0 Å². The molecule has 0 aliphatic heterocycles. The summed E-state index contributed by atoms with van der Waals surface area (Å²) in [5.41, 5.74) is 1.34. The van der Waals surface area contributed by atoms with Crippen LogP contribution >= 0.6 is 23.2 Å². The average molecular weight is 222 g/mol. The zero-order chi connectivity index (χ0) is 9.52. The summed E-state index contributed by atoms with van der Waals surface area (Å²) in [6.45, 7) is 1.30. The Labute approximate surface area is 85.9 Å². The van der Waals surface area contributed by atoms with Crippen molar-refractivity contribution >= 4 is 23.2 Å². The van der Waals surface area contributed by atoms with E-state index >= 15 is 0 Å². The highest BCUT2D eigenvalue weighted by Crippen LogP contribution is 2.00. The summed E-state index contributed by atoms with van der Waals surface area (Å²) in [6.07, 6.45) is 2.02. The summed E-state index contributed by atoms with van der Waals surface area (Å²) in [6, 6.07) is 0. The lowest BCUT2D eigenvalue weighted by atomic mass is 10.4. The maximum atomic E-state index is 5.64. The third-order valence-corrected chi connectivity index (χ3v) is 1.96. The first-order valence-electron chi connectivity index (χ1n) is 3.73. The van der Waals surface area contributed by atoms with Crippen molar-refractivity contribution in [2.24, 2.45) is 0 Å². The molecule has 4 nitrogen and oxygen atoms in total. The second kappa shape index (κ2) is 5.96. The molecule has 0 fully saturated rings. The Morgan fingerprint density at radius 3 is 3.15 bits per heavy atom. The van der Waals surface area contributed by atoms with Crippen molar-refractivity contribution in [1.29, 1.82) is 0 Å². The molecule has 1 aromatic heterocycles. The minimum Gasteiger partial charge on any atom is -0.343 e. The number of halogens is 2. The van der Waals surface area contributed by atoms with E-state index in [1.54, 1.807) is 0 Å². The summed E-state index contributed by atoms with van der Waals surface area (Å²) in [4.78, 5) is 3.86. The van der Waals surface area contributed by atoms with E-state index < -0.39 is 0 Å². The molecule has 0 amide bonds. The molecule has 0 saturated carbocycles. The third kappa shape index (κ3) is 4.26. The molecule has 0 unspecified atom stereocenters. The van der Waals surface area contributed by atoms with Gasteiger partial charge in [-0.2, -0.15) is 4.98 Å². The van der Waals surface area contributed by atoms with Gasteiger partial charge in [0, 0.05) is 30.1 Å². The van der Waals surface area contributed by atoms with Crippen molar-refractivity contribution in [2.45, 2.75) is 6.42 Å². The molecule has 0 bridgehead atoms. The SMILES string of the molecule is Cl/C=C(/Cl)CNCCc1ncon1. The van der Waals surface area contributed by atoms with Gasteiger partial charge < -0.3 is 9.84 Å². The molecule has 0 radical (unpaired) electrons. The molecular weight excluding hydrogens is 213 g/mol. The number of rotatable bonds is 5. The van der Waals surface area contributed by atoms with Crippen LogP contribution in [0, 0.1) is 0 Å². The fourth-order valence-corrected chi connectivity index (χ4v) is 0.921.